The highest BCUT2D eigenvalue weighted by Crippen LogP contribution is 2.37. The van der Waals surface area contributed by atoms with Gasteiger partial charge >= 0.3 is 0 Å². The number of carbonyl (C=O) groups is 3. The number of nitrogens with one attached hydrogen (secondary N) is 2. The van der Waals surface area contributed by atoms with Crippen molar-refractivity contribution in [2.24, 2.45) is 5.41 Å². The monoisotopic (exact) mass is 356 g/mol. The van der Waals surface area contributed by atoms with Crippen molar-refractivity contribution >= 4 is 23.4 Å². The Bertz CT molecular complexity index is 715. The van der Waals surface area contributed by atoms with E-state index in [1.807, 2.05) is 4.90 Å². The fourth-order valence-electron chi connectivity index (χ4n) is 4.13. The van der Waals surface area contributed by atoms with Crippen LogP contribution in [-0.2, 0) is 9.59 Å². The molecular formula is C19H24N4O3. The van der Waals surface area contributed by atoms with Crippen molar-refractivity contribution in [3.8, 4) is 0 Å². The number of benzene rings is 1. The molecule has 0 unspecified atom stereocenters. The molecule has 3 heterocycles. The molecule has 1 aromatic rings. The minimum atomic E-state index is -0.173. The standard InChI is InChI=1S/C19H24N4O3/c24-16-5-6-17(25)23(21-16)15-3-1-14(2-4-15)18(26)22-11-8-19(9-12-22)7-10-20-13-19/h1-4,20H,5-13H2,(H,21,24). The maximum Gasteiger partial charge on any atom is 0.253 e. The predicted octanol–water partition coefficient (Wildman–Crippen LogP) is 1.06. The van der Waals surface area contributed by atoms with Gasteiger partial charge in [0.2, 0.25) is 11.8 Å². The Hall–Kier alpha value is -2.41. The molecule has 0 aromatic heterocycles. The van der Waals surface area contributed by atoms with Gasteiger partial charge in [0.1, 0.15) is 0 Å². The lowest BCUT2D eigenvalue weighted by atomic mass is 9.78. The summed E-state index contributed by atoms with van der Waals surface area (Å²) >= 11 is 0. The maximum atomic E-state index is 12.8. The number of rotatable bonds is 2. The van der Waals surface area contributed by atoms with Crippen LogP contribution in [0.3, 0.4) is 0 Å². The molecule has 3 fully saturated rings. The van der Waals surface area contributed by atoms with Crippen molar-refractivity contribution in [1.29, 1.82) is 0 Å². The zero-order chi connectivity index (χ0) is 18.1. The van der Waals surface area contributed by atoms with Gasteiger partial charge in [-0.2, -0.15) is 0 Å². The van der Waals surface area contributed by atoms with E-state index in [9.17, 15) is 14.4 Å². The number of hydrogen-bond acceptors (Lipinski definition) is 4. The van der Waals surface area contributed by atoms with E-state index in [4.69, 9.17) is 0 Å². The van der Waals surface area contributed by atoms with Crippen LogP contribution in [0.25, 0.3) is 0 Å². The van der Waals surface area contributed by atoms with Gasteiger partial charge in [0.05, 0.1) is 5.69 Å². The molecule has 4 rings (SSSR count). The molecule has 7 heteroatoms. The van der Waals surface area contributed by atoms with Gasteiger partial charge in [-0.25, -0.2) is 5.01 Å². The van der Waals surface area contributed by atoms with Gasteiger partial charge in [-0.1, -0.05) is 0 Å². The maximum absolute atomic E-state index is 12.8. The van der Waals surface area contributed by atoms with Crippen LogP contribution in [0.1, 0.15) is 42.5 Å². The van der Waals surface area contributed by atoms with Crippen LogP contribution >= 0.6 is 0 Å². The number of amides is 3. The van der Waals surface area contributed by atoms with Crippen molar-refractivity contribution in [1.82, 2.24) is 15.6 Å². The molecule has 7 nitrogen and oxygen atoms in total. The second-order valence-corrected chi connectivity index (χ2v) is 7.53. The summed E-state index contributed by atoms with van der Waals surface area (Å²) in [5, 5.41) is 4.70. The largest absolute Gasteiger partial charge is 0.339 e. The predicted molar refractivity (Wildman–Crippen MR) is 96.4 cm³/mol. The Morgan fingerprint density at radius 1 is 1.00 bits per heavy atom. The molecule has 0 saturated carbocycles. The summed E-state index contributed by atoms with van der Waals surface area (Å²) in [6.07, 6.45) is 3.74. The third kappa shape index (κ3) is 3.19. The van der Waals surface area contributed by atoms with Crippen molar-refractivity contribution < 1.29 is 14.4 Å². The smallest absolute Gasteiger partial charge is 0.253 e. The van der Waals surface area contributed by atoms with Crippen molar-refractivity contribution in [3.63, 3.8) is 0 Å². The molecule has 2 N–H and O–H groups in total. The number of hydrogen-bond donors (Lipinski definition) is 2. The Kier molecular flexibility index (Phi) is 4.40. The van der Waals surface area contributed by atoms with E-state index < -0.39 is 0 Å². The van der Waals surface area contributed by atoms with E-state index in [1.54, 1.807) is 24.3 Å². The molecule has 3 aliphatic heterocycles. The second kappa shape index (κ2) is 6.72. The highest BCUT2D eigenvalue weighted by molar-refractivity contribution is 6.01. The molecule has 3 aliphatic rings. The quantitative estimate of drug-likeness (QED) is 0.830. The molecule has 138 valence electrons. The summed E-state index contributed by atoms with van der Waals surface area (Å²) in [4.78, 5) is 38.2. The molecule has 26 heavy (non-hydrogen) atoms. The van der Waals surface area contributed by atoms with E-state index in [0.29, 0.717) is 16.7 Å². The fraction of sp³-hybridized carbons (Fsp3) is 0.526. The highest BCUT2D eigenvalue weighted by atomic mass is 16.2. The Balaban J connectivity index is 1.41. The molecule has 0 atom stereocenters. The summed E-state index contributed by atoms with van der Waals surface area (Å²) in [5.74, 6) is -0.282. The molecule has 3 amide bonds. The van der Waals surface area contributed by atoms with Gasteiger partial charge in [-0.05, 0) is 55.5 Å². The molecule has 0 radical (unpaired) electrons. The first-order valence-corrected chi connectivity index (χ1v) is 9.29. The number of nitrogens with zero attached hydrogens (tertiary/aromatic N) is 2. The lowest BCUT2D eigenvalue weighted by Crippen LogP contribution is -2.50. The van der Waals surface area contributed by atoms with E-state index in [1.165, 1.54) is 11.4 Å². The summed E-state index contributed by atoms with van der Waals surface area (Å²) in [7, 11) is 0. The molecule has 1 spiro atoms. The molecule has 0 aliphatic carbocycles. The average Bonchev–Trinajstić information content (AvgIpc) is 3.12. The first kappa shape index (κ1) is 17.0. The van der Waals surface area contributed by atoms with Gasteiger partial charge in [0.15, 0.2) is 0 Å². The van der Waals surface area contributed by atoms with Gasteiger partial charge < -0.3 is 10.2 Å². The van der Waals surface area contributed by atoms with Crippen LogP contribution in [0, 0.1) is 5.41 Å². The molecular weight excluding hydrogens is 332 g/mol. The Labute approximate surface area is 152 Å². The number of likely N-dealkylation sites (tertiary alicyclic amines) is 1. The van der Waals surface area contributed by atoms with Crippen molar-refractivity contribution in [3.05, 3.63) is 29.8 Å². The van der Waals surface area contributed by atoms with Crippen LogP contribution in [0.15, 0.2) is 24.3 Å². The van der Waals surface area contributed by atoms with Gasteiger partial charge in [-0.15, -0.1) is 0 Å². The SMILES string of the molecule is O=C1CCC(=O)N(c2ccc(C(=O)N3CCC4(CCNC4)CC3)cc2)N1. The van der Waals surface area contributed by atoms with Crippen LogP contribution in [0.4, 0.5) is 5.69 Å². The van der Waals surface area contributed by atoms with E-state index in [2.05, 4.69) is 10.7 Å². The van der Waals surface area contributed by atoms with Crippen molar-refractivity contribution in [2.45, 2.75) is 32.1 Å². The average molecular weight is 356 g/mol. The number of anilines is 1. The third-order valence-electron chi connectivity index (χ3n) is 5.87. The zero-order valence-electron chi connectivity index (χ0n) is 14.8. The van der Waals surface area contributed by atoms with Crippen molar-refractivity contribution in [2.75, 3.05) is 31.2 Å². The lowest BCUT2D eigenvalue weighted by molar-refractivity contribution is -0.130. The zero-order valence-corrected chi connectivity index (χ0v) is 14.8. The Morgan fingerprint density at radius 3 is 2.38 bits per heavy atom. The Morgan fingerprint density at radius 2 is 1.73 bits per heavy atom. The summed E-state index contributed by atoms with van der Waals surface area (Å²) in [6.45, 7) is 3.74. The van der Waals surface area contributed by atoms with Gasteiger partial charge in [-0.3, -0.25) is 19.8 Å². The third-order valence-corrected chi connectivity index (χ3v) is 5.87. The van der Waals surface area contributed by atoms with Crippen LogP contribution in [-0.4, -0.2) is 48.8 Å². The van der Waals surface area contributed by atoms with Gasteiger partial charge in [0, 0.05) is 38.0 Å². The molecule has 1 aromatic carbocycles. The number of hydrazine groups is 1. The minimum absolute atomic E-state index is 0.0337. The van der Waals surface area contributed by atoms with E-state index >= 15 is 0 Å². The first-order chi connectivity index (χ1) is 12.6. The molecule has 0 bridgehead atoms. The summed E-state index contributed by atoms with van der Waals surface area (Å²) in [6, 6.07) is 6.88. The van der Waals surface area contributed by atoms with Gasteiger partial charge in [0.25, 0.3) is 5.91 Å². The van der Waals surface area contributed by atoms with Crippen LogP contribution in [0.5, 0.6) is 0 Å². The van der Waals surface area contributed by atoms with Crippen LogP contribution < -0.4 is 15.8 Å². The highest BCUT2D eigenvalue weighted by Gasteiger charge is 2.38. The first-order valence-electron chi connectivity index (χ1n) is 9.29. The topological polar surface area (TPSA) is 81.8 Å². The van der Waals surface area contributed by atoms with E-state index in [-0.39, 0.29) is 30.6 Å². The number of carbonyl (C=O) groups excluding carboxylic acids is 3. The fourth-order valence-corrected chi connectivity index (χ4v) is 4.13. The normalized spacial score (nSPS) is 22.6. The summed E-state index contributed by atoms with van der Waals surface area (Å²) in [5.41, 5.74) is 4.14. The summed E-state index contributed by atoms with van der Waals surface area (Å²) < 4.78 is 0. The second-order valence-electron chi connectivity index (χ2n) is 7.53. The minimum Gasteiger partial charge on any atom is -0.339 e. The van der Waals surface area contributed by atoms with E-state index in [0.717, 1.165) is 39.0 Å². The number of piperidine rings is 1. The lowest BCUT2D eigenvalue weighted by Gasteiger charge is -2.39. The molecule has 3 saturated heterocycles. The van der Waals surface area contributed by atoms with Crippen LogP contribution in [0.2, 0.25) is 0 Å².